The standard InChI is InChI=1S/C68H50N2/c1-67(41-16-5-17-42-67)68(54-25-10-4-11-26-54)62-29-14-12-28-58(62)59-45-61-60-44-52(35-40-65(60)70(66(61)46-63(59)68)56-38-33-50(34-39-56)48-21-8-3-9-22-48)51-23-18-24-53(43-51)57-27-13-15-30-64(57)69-55-36-31-49(32-37-55)47-19-6-2-7-20-47/h2-41,43-46,69H,42H2,1H3. The van der Waals surface area contributed by atoms with Crippen LogP contribution in [0.2, 0.25) is 0 Å². The molecule has 0 aliphatic heterocycles. The van der Waals surface area contributed by atoms with Crippen molar-refractivity contribution < 1.29 is 0 Å². The van der Waals surface area contributed by atoms with Crippen molar-refractivity contribution >= 4 is 33.2 Å². The highest BCUT2D eigenvalue weighted by Crippen LogP contribution is 2.63. The first-order chi connectivity index (χ1) is 34.6. The molecule has 1 aromatic heterocycles. The van der Waals surface area contributed by atoms with Crippen LogP contribution in [-0.2, 0) is 5.41 Å². The van der Waals surface area contributed by atoms with E-state index in [1.54, 1.807) is 0 Å². The van der Waals surface area contributed by atoms with Gasteiger partial charge in [-0.15, -0.1) is 0 Å². The van der Waals surface area contributed by atoms with Gasteiger partial charge in [0.15, 0.2) is 0 Å². The van der Waals surface area contributed by atoms with Crippen LogP contribution in [0.1, 0.15) is 30.0 Å². The first-order valence-corrected chi connectivity index (χ1v) is 24.5. The van der Waals surface area contributed by atoms with Crippen molar-refractivity contribution in [3.05, 3.63) is 284 Å². The van der Waals surface area contributed by atoms with E-state index in [4.69, 9.17) is 0 Å². The maximum Gasteiger partial charge on any atom is 0.0555 e. The molecule has 0 fully saturated rings. The Balaban J connectivity index is 0.976. The number of rotatable bonds is 9. The molecule has 0 amide bonds. The van der Waals surface area contributed by atoms with E-state index in [0.29, 0.717) is 0 Å². The van der Waals surface area contributed by atoms with E-state index in [2.05, 4.69) is 284 Å². The number of fused-ring (bicyclic) bond motifs is 6. The molecule has 2 aliphatic rings. The third-order valence-electron chi connectivity index (χ3n) is 15.2. The number of nitrogens with zero attached hydrogens (tertiary/aromatic N) is 1. The van der Waals surface area contributed by atoms with Crippen LogP contribution in [0.3, 0.4) is 0 Å². The molecular formula is C68H50N2. The molecule has 1 N–H and O–H groups in total. The van der Waals surface area contributed by atoms with E-state index in [-0.39, 0.29) is 5.41 Å². The average molecular weight is 895 g/mol. The lowest BCUT2D eigenvalue weighted by Crippen LogP contribution is -2.43. The smallest absolute Gasteiger partial charge is 0.0555 e. The van der Waals surface area contributed by atoms with Crippen molar-refractivity contribution in [1.29, 1.82) is 0 Å². The van der Waals surface area contributed by atoms with Gasteiger partial charge >= 0.3 is 0 Å². The van der Waals surface area contributed by atoms with E-state index in [1.807, 2.05) is 0 Å². The minimum absolute atomic E-state index is 0.231. The van der Waals surface area contributed by atoms with Crippen molar-refractivity contribution in [1.82, 2.24) is 4.57 Å². The number of nitrogens with one attached hydrogen (secondary N) is 1. The average Bonchev–Trinajstić information content (AvgIpc) is 3.91. The molecular weight excluding hydrogens is 845 g/mol. The van der Waals surface area contributed by atoms with Crippen LogP contribution in [-0.4, -0.2) is 4.57 Å². The number of anilines is 2. The lowest BCUT2D eigenvalue weighted by Gasteiger charge is -2.47. The van der Waals surface area contributed by atoms with Crippen LogP contribution in [0.5, 0.6) is 0 Å². The fraction of sp³-hybridized carbons (Fsp3) is 0.0588. The Morgan fingerprint density at radius 2 is 0.971 bits per heavy atom. The maximum atomic E-state index is 3.74. The SMILES string of the molecule is CC1(C2(c3ccccc3)c3ccccc3-c3cc4c5cc(-c6cccc(-c7ccccc7Nc7ccc(-c8ccccc8)cc7)c6)ccc5n(-c5ccc(-c6ccccc6)cc5)c4cc32)C=CC=CC1. The second-order valence-electron chi connectivity index (χ2n) is 19.2. The summed E-state index contributed by atoms with van der Waals surface area (Å²) in [5.74, 6) is 0. The fourth-order valence-corrected chi connectivity index (χ4v) is 11.9. The molecule has 2 nitrogen and oxygen atoms in total. The first kappa shape index (κ1) is 41.5. The van der Waals surface area contributed by atoms with Crippen LogP contribution in [0.15, 0.2) is 267 Å². The summed E-state index contributed by atoms with van der Waals surface area (Å²) >= 11 is 0. The maximum absolute atomic E-state index is 3.74. The summed E-state index contributed by atoms with van der Waals surface area (Å²) in [5.41, 5.74) is 21.1. The highest BCUT2D eigenvalue weighted by Gasteiger charge is 2.55. The number of benzene rings is 10. The van der Waals surface area contributed by atoms with Gasteiger partial charge in [0.25, 0.3) is 0 Å². The van der Waals surface area contributed by atoms with Crippen LogP contribution in [0.25, 0.3) is 83.1 Å². The van der Waals surface area contributed by atoms with Gasteiger partial charge in [-0.3, -0.25) is 0 Å². The minimum Gasteiger partial charge on any atom is -0.355 e. The summed E-state index contributed by atoms with van der Waals surface area (Å²) in [6.45, 7) is 2.46. The van der Waals surface area contributed by atoms with Gasteiger partial charge in [-0.25, -0.2) is 0 Å². The number of para-hydroxylation sites is 1. The monoisotopic (exact) mass is 894 g/mol. The Morgan fingerprint density at radius 1 is 0.400 bits per heavy atom. The Labute approximate surface area is 410 Å². The molecule has 2 aliphatic carbocycles. The third kappa shape index (κ3) is 6.71. The summed E-state index contributed by atoms with van der Waals surface area (Å²) < 4.78 is 2.51. The van der Waals surface area contributed by atoms with Gasteiger partial charge in [0.05, 0.1) is 16.4 Å². The van der Waals surface area contributed by atoms with E-state index in [0.717, 1.165) is 34.6 Å². The normalized spacial score (nSPS) is 16.9. The molecule has 10 aromatic carbocycles. The van der Waals surface area contributed by atoms with E-state index < -0.39 is 5.41 Å². The number of hydrogen-bond donors (Lipinski definition) is 1. The van der Waals surface area contributed by atoms with Crippen molar-refractivity contribution in [2.75, 3.05) is 5.32 Å². The Kier molecular flexibility index (Phi) is 9.95. The van der Waals surface area contributed by atoms with Crippen LogP contribution >= 0.6 is 0 Å². The highest BCUT2D eigenvalue weighted by atomic mass is 15.0. The zero-order chi connectivity index (χ0) is 46.7. The van der Waals surface area contributed by atoms with E-state index in [9.17, 15) is 0 Å². The molecule has 0 bridgehead atoms. The van der Waals surface area contributed by atoms with Gasteiger partial charge in [0.1, 0.15) is 0 Å². The molecule has 0 spiro atoms. The summed E-state index contributed by atoms with van der Waals surface area (Å²) in [6.07, 6.45) is 10.2. The van der Waals surface area contributed by atoms with Crippen LogP contribution in [0, 0.1) is 5.41 Å². The number of aromatic nitrogens is 1. The zero-order valence-corrected chi connectivity index (χ0v) is 39.1. The van der Waals surface area contributed by atoms with Gasteiger partial charge < -0.3 is 9.88 Å². The van der Waals surface area contributed by atoms with Gasteiger partial charge in [-0.2, -0.15) is 0 Å². The highest BCUT2D eigenvalue weighted by molar-refractivity contribution is 6.13. The van der Waals surface area contributed by atoms with Gasteiger partial charge in [0.2, 0.25) is 0 Å². The predicted molar refractivity (Wildman–Crippen MR) is 295 cm³/mol. The summed E-state index contributed by atoms with van der Waals surface area (Å²) in [5, 5.41) is 6.22. The van der Waals surface area contributed by atoms with Crippen LogP contribution in [0.4, 0.5) is 11.4 Å². The summed E-state index contributed by atoms with van der Waals surface area (Å²) in [4.78, 5) is 0. The molecule has 70 heavy (non-hydrogen) atoms. The Bertz CT molecular complexity index is 3810. The molecule has 11 aromatic rings. The molecule has 2 atom stereocenters. The van der Waals surface area contributed by atoms with Crippen molar-refractivity contribution in [2.45, 2.75) is 18.8 Å². The van der Waals surface area contributed by atoms with E-state index >= 15 is 0 Å². The molecule has 2 unspecified atom stereocenters. The molecule has 0 radical (unpaired) electrons. The molecule has 0 saturated heterocycles. The number of allylic oxidation sites excluding steroid dienone is 4. The largest absolute Gasteiger partial charge is 0.355 e. The fourth-order valence-electron chi connectivity index (χ4n) is 11.9. The molecule has 13 rings (SSSR count). The number of hydrogen-bond acceptors (Lipinski definition) is 1. The minimum atomic E-state index is -0.434. The first-order valence-electron chi connectivity index (χ1n) is 24.5. The second-order valence-corrected chi connectivity index (χ2v) is 19.2. The van der Waals surface area contributed by atoms with Crippen molar-refractivity contribution in [3.8, 4) is 61.3 Å². The van der Waals surface area contributed by atoms with Crippen molar-refractivity contribution in [3.63, 3.8) is 0 Å². The Morgan fingerprint density at radius 3 is 1.69 bits per heavy atom. The zero-order valence-electron chi connectivity index (χ0n) is 39.1. The summed E-state index contributed by atoms with van der Waals surface area (Å²) in [6, 6.07) is 89.3. The molecule has 1 heterocycles. The van der Waals surface area contributed by atoms with E-state index in [1.165, 1.54) is 83.0 Å². The van der Waals surface area contributed by atoms with Gasteiger partial charge in [-0.1, -0.05) is 213 Å². The van der Waals surface area contributed by atoms with Crippen LogP contribution < -0.4 is 5.32 Å². The molecule has 0 saturated carbocycles. The van der Waals surface area contributed by atoms with Crippen molar-refractivity contribution in [2.24, 2.45) is 5.41 Å². The Hall–Kier alpha value is -8.72. The summed E-state index contributed by atoms with van der Waals surface area (Å²) in [7, 11) is 0. The molecule has 2 heteroatoms. The lowest BCUT2D eigenvalue weighted by atomic mass is 9.54. The lowest BCUT2D eigenvalue weighted by molar-refractivity contribution is 0.293. The second kappa shape index (κ2) is 16.8. The predicted octanol–water partition coefficient (Wildman–Crippen LogP) is 18.0. The topological polar surface area (TPSA) is 17.0 Å². The van der Waals surface area contributed by atoms with Gasteiger partial charge in [-0.05, 0) is 134 Å². The third-order valence-corrected chi connectivity index (χ3v) is 15.2. The quantitative estimate of drug-likeness (QED) is 0.153. The molecule has 332 valence electrons. The van der Waals surface area contributed by atoms with Gasteiger partial charge in [0, 0.05) is 38.8 Å².